The summed E-state index contributed by atoms with van der Waals surface area (Å²) < 4.78 is 1.64. The maximum absolute atomic E-state index is 13.0. The Morgan fingerprint density at radius 3 is 2.89 bits per heavy atom. The third-order valence-corrected chi connectivity index (χ3v) is 5.40. The minimum Gasteiger partial charge on any atom is -0.361 e. The second kappa shape index (κ2) is 7.04. The van der Waals surface area contributed by atoms with Crippen LogP contribution in [0, 0.1) is 6.92 Å². The van der Waals surface area contributed by atoms with E-state index in [-0.39, 0.29) is 23.1 Å². The fourth-order valence-electron chi connectivity index (χ4n) is 3.81. The van der Waals surface area contributed by atoms with Crippen molar-refractivity contribution in [3.8, 4) is 0 Å². The van der Waals surface area contributed by atoms with Crippen LogP contribution in [0.3, 0.4) is 0 Å². The zero-order valence-corrected chi connectivity index (χ0v) is 15.4. The highest BCUT2D eigenvalue weighted by molar-refractivity contribution is 5.95. The average Bonchev–Trinajstić information content (AvgIpc) is 3.27. The number of rotatable bonds is 4. The Labute approximate surface area is 157 Å². The molecule has 0 bridgehead atoms. The van der Waals surface area contributed by atoms with Gasteiger partial charge in [-0.1, -0.05) is 18.2 Å². The second-order valence-corrected chi connectivity index (χ2v) is 7.28. The highest BCUT2D eigenvalue weighted by atomic mass is 16.2. The number of benzene rings is 1. The largest absolute Gasteiger partial charge is 0.361 e. The summed E-state index contributed by atoms with van der Waals surface area (Å²) in [4.78, 5) is 30.8. The molecule has 6 heteroatoms. The van der Waals surface area contributed by atoms with Gasteiger partial charge in [0.05, 0.1) is 0 Å². The fraction of sp³-hybridized carbons (Fsp3) is 0.333. The average molecular weight is 364 g/mol. The quantitative estimate of drug-likeness (QED) is 0.743. The lowest BCUT2D eigenvalue weighted by atomic mass is 10.1. The lowest BCUT2D eigenvalue weighted by Gasteiger charge is -2.17. The van der Waals surface area contributed by atoms with E-state index >= 15 is 0 Å². The normalized spacial score (nSPS) is 17.0. The topological polar surface area (TPSA) is 84.1 Å². The van der Waals surface area contributed by atoms with Gasteiger partial charge in [-0.25, -0.2) is 0 Å². The van der Waals surface area contributed by atoms with E-state index in [9.17, 15) is 9.59 Å². The molecule has 1 aromatic carbocycles. The Hall–Kier alpha value is -2.86. The molecule has 0 saturated carbocycles. The molecule has 3 N–H and O–H groups in total. The molecular weight excluding hydrogens is 340 g/mol. The van der Waals surface area contributed by atoms with E-state index in [0.29, 0.717) is 25.2 Å². The maximum atomic E-state index is 13.0. The Bertz CT molecular complexity index is 1050. The van der Waals surface area contributed by atoms with Gasteiger partial charge in [-0.2, -0.15) is 0 Å². The number of fused-ring (bicyclic) bond motifs is 1. The number of nitrogens with two attached hydrogens (primary N) is 1. The monoisotopic (exact) mass is 364 g/mol. The molecule has 1 saturated heterocycles. The van der Waals surface area contributed by atoms with Crippen LogP contribution in [-0.2, 0) is 13.0 Å². The van der Waals surface area contributed by atoms with Crippen molar-refractivity contribution in [2.75, 3.05) is 13.1 Å². The number of nitrogens with one attached hydrogen (secondary N) is 1. The number of nitrogens with zero attached hydrogens (tertiary/aromatic N) is 2. The first kappa shape index (κ1) is 17.5. The summed E-state index contributed by atoms with van der Waals surface area (Å²) >= 11 is 0. The Balaban J connectivity index is 1.59. The van der Waals surface area contributed by atoms with Crippen LogP contribution in [0.2, 0.25) is 0 Å². The number of pyridine rings is 1. The van der Waals surface area contributed by atoms with Crippen molar-refractivity contribution in [1.29, 1.82) is 0 Å². The van der Waals surface area contributed by atoms with E-state index in [1.807, 2.05) is 37.4 Å². The van der Waals surface area contributed by atoms with E-state index in [4.69, 9.17) is 5.73 Å². The van der Waals surface area contributed by atoms with Crippen molar-refractivity contribution in [1.82, 2.24) is 14.5 Å². The molecule has 1 fully saturated rings. The van der Waals surface area contributed by atoms with Gasteiger partial charge in [-0.15, -0.1) is 0 Å². The van der Waals surface area contributed by atoms with Crippen LogP contribution in [0.5, 0.6) is 0 Å². The number of aromatic nitrogens is 2. The summed E-state index contributed by atoms with van der Waals surface area (Å²) in [5.41, 5.74) is 8.93. The van der Waals surface area contributed by atoms with Crippen molar-refractivity contribution in [2.24, 2.45) is 5.73 Å². The molecule has 1 unspecified atom stereocenters. The van der Waals surface area contributed by atoms with E-state index < -0.39 is 0 Å². The maximum Gasteiger partial charge on any atom is 0.263 e. The van der Waals surface area contributed by atoms with E-state index in [2.05, 4.69) is 11.1 Å². The molecular formula is C21H24N4O2. The molecule has 6 nitrogen and oxygen atoms in total. The molecule has 0 radical (unpaired) electrons. The van der Waals surface area contributed by atoms with E-state index in [1.54, 1.807) is 15.7 Å². The zero-order chi connectivity index (χ0) is 19.0. The summed E-state index contributed by atoms with van der Waals surface area (Å²) in [5.74, 6) is -0.202. The van der Waals surface area contributed by atoms with Crippen LogP contribution in [-0.4, -0.2) is 39.5 Å². The lowest BCUT2D eigenvalue weighted by molar-refractivity contribution is 0.0787. The minimum atomic E-state index is -0.222. The Morgan fingerprint density at radius 2 is 2.11 bits per heavy atom. The number of amides is 1. The van der Waals surface area contributed by atoms with Gasteiger partial charge in [-0.3, -0.25) is 9.59 Å². The molecule has 1 atom stereocenters. The first-order valence-corrected chi connectivity index (χ1v) is 9.34. The van der Waals surface area contributed by atoms with Crippen LogP contribution in [0.1, 0.15) is 27.9 Å². The molecule has 0 aliphatic carbocycles. The van der Waals surface area contributed by atoms with Crippen LogP contribution < -0.4 is 11.3 Å². The molecule has 0 spiro atoms. The molecule has 27 heavy (non-hydrogen) atoms. The number of aromatic amines is 1. The zero-order valence-electron chi connectivity index (χ0n) is 15.4. The van der Waals surface area contributed by atoms with Gasteiger partial charge in [0.15, 0.2) is 0 Å². The third kappa shape index (κ3) is 3.28. The van der Waals surface area contributed by atoms with Gasteiger partial charge in [0, 0.05) is 49.0 Å². The molecule has 1 amide bonds. The number of hydrogen-bond donors (Lipinski definition) is 2. The van der Waals surface area contributed by atoms with Gasteiger partial charge >= 0.3 is 0 Å². The number of aryl methyl sites for hydroxylation is 3. The van der Waals surface area contributed by atoms with E-state index in [0.717, 1.165) is 23.9 Å². The van der Waals surface area contributed by atoms with Gasteiger partial charge in [0.25, 0.3) is 11.5 Å². The lowest BCUT2D eigenvalue weighted by Crippen LogP contribution is -2.37. The van der Waals surface area contributed by atoms with Gasteiger partial charge in [0.1, 0.15) is 5.56 Å². The third-order valence-electron chi connectivity index (χ3n) is 5.40. The summed E-state index contributed by atoms with van der Waals surface area (Å²) in [7, 11) is 0. The summed E-state index contributed by atoms with van der Waals surface area (Å²) in [6.45, 7) is 3.47. The molecule has 1 aliphatic rings. The number of likely N-dealkylation sites (tertiary alicyclic amines) is 1. The van der Waals surface area contributed by atoms with Gasteiger partial charge < -0.3 is 20.2 Å². The minimum absolute atomic E-state index is 0.00191. The number of carbonyl (C=O) groups is 1. The smallest absolute Gasteiger partial charge is 0.263 e. The van der Waals surface area contributed by atoms with Crippen molar-refractivity contribution >= 4 is 16.8 Å². The highest BCUT2D eigenvalue weighted by Crippen LogP contribution is 2.18. The number of para-hydroxylation sites is 1. The standard InChI is InChI=1S/C21H24N4O2/c1-14-6-9-24(10-7-15-12-23-18-5-3-2-4-17(15)18)20(26)19(14)21(27)25-11-8-16(22)13-25/h2-6,9,12,16,23H,7-8,10-11,13,22H2,1H3. The van der Waals surface area contributed by atoms with Gasteiger partial charge in [-0.05, 0) is 43.0 Å². The van der Waals surface area contributed by atoms with Crippen LogP contribution in [0.15, 0.2) is 47.5 Å². The number of hydrogen-bond acceptors (Lipinski definition) is 3. The predicted octanol–water partition coefficient (Wildman–Crippen LogP) is 2.05. The van der Waals surface area contributed by atoms with E-state index in [1.165, 1.54) is 5.39 Å². The van der Waals surface area contributed by atoms with Gasteiger partial charge in [0.2, 0.25) is 0 Å². The van der Waals surface area contributed by atoms with Crippen molar-refractivity contribution in [3.63, 3.8) is 0 Å². The Kier molecular flexibility index (Phi) is 4.58. The molecule has 1 aliphatic heterocycles. The summed E-state index contributed by atoms with van der Waals surface area (Å²) in [5, 5.41) is 1.17. The van der Waals surface area contributed by atoms with Crippen molar-refractivity contribution in [3.05, 3.63) is 69.8 Å². The molecule has 2 aromatic heterocycles. The van der Waals surface area contributed by atoms with Crippen molar-refractivity contribution in [2.45, 2.75) is 32.4 Å². The SMILES string of the molecule is Cc1ccn(CCc2c[nH]c3ccccc23)c(=O)c1C(=O)N1CCC(N)C1. The predicted molar refractivity (Wildman–Crippen MR) is 106 cm³/mol. The fourth-order valence-corrected chi connectivity index (χ4v) is 3.81. The molecule has 3 aromatic rings. The van der Waals surface area contributed by atoms with Crippen LogP contribution in [0.4, 0.5) is 0 Å². The molecule has 3 heterocycles. The van der Waals surface area contributed by atoms with Crippen molar-refractivity contribution < 1.29 is 4.79 Å². The number of H-pyrrole nitrogens is 1. The number of carbonyl (C=O) groups excluding carboxylic acids is 1. The molecule has 140 valence electrons. The summed E-state index contributed by atoms with van der Waals surface area (Å²) in [6, 6.07) is 9.96. The van der Waals surface area contributed by atoms with Crippen LogP contribution in [0.25, 0.3) is 10.9 Å². The van der Waals surface area contributed by atoms with Crippen LogP contribution >= 0.6 is 0 Å². The Morgan fingerprint density at radius 1 is 1.30 bits per heavy atom. The first-order valence-electron chi connectivity index (χ1n) is 9.34. The first-order chi connectivity index (χ1) is 13.0. The second-order valence-electron chi connectivity index (χ2n) is 7.28. The highest BCUT2D eigenvalue weighted by Gasteiger charge is 2.27. The molecule has 4 rings (SSSR count). The summed E-state index contributed by atoms with van der Waals surface area (Å²) in [6.07, 6.45) is 5.27.